The molecule has 31 heavy (non-hydrogen) atoms. The van der Waals surface area contributed by atoms with Crippen molar-refractivity contribution in [1.82, 2.24) is 5.32 Å². The lowest BCUT2D eigenvalue weighted by Gasteiger charge is -2.25. The SMILES string of the molecule is CCOc1cc(C2CC(=O)NC(SCC(=O)Nc3cccc(F)c3)=C2C#N)ccc1O. The summed E-state index contributed by atoms with van der Waals surface area (Å²) < 4.78 is 18.7. The van der Waals surface area contributed by atoms with Crippen molar-refractivity contribution in [2.45, 2.75) is 19.3 Å². The fourth-order valence-corrected chi connectivity index (χ4v) is 4.01. The second-order valence-electron chi connectivity index (χ2n) is 6.67. The minimum atomic E-state index is -0.535. The molecule has 1 heterocycles. The van der Waals surface area contributed by atoms with Gasteiger partial charge in [0.1, 0.15) is 5.82 Å². The third-order valence-corrected chi connectivity index (χ3v) is 5.52. The molecule has 0 aromatic heterocycles. The van der Waals surface area contributed by atoms with Crippen LogP contribution in [0.1, 0.15) is 24.8 Å². The van der Waals surface area contributed by atoms with Gasteiger partial charge < -0.3 is 20.5 Å². The Morgan fingerprint density at radius 2 is 2.19 bits per heavy atom. The van der Waals surface area contributed by atoms with Crippen LogP contribution in [0, 0.1) is 17.1 Å². The van der Waals surface area contributed by atoms with Gasteiger partial charge in [-0.1, -0.05) is 23.9 Å². The first-order valence-corrected chi connectivity index (χ1v) is 10.5. The minimum absolute atomic E-state index is 0.0306. The van der Waals surface area contributed by atoms with Crippen LogP contribution < -0.4 is 15.4 Å². The molecule has 3 N–H and O–H groups in total. The van der Waals surface area contributed by atoms with Crippen LogP contribution in [0.2, 0.25) is 0 Å². The van der Waals surface area contributed by atoms with E-state index >= 15 is 0 Å². The van der Waals surface area contributed by atoms with Crippen molar-refractivity contribution < 1.29 is 23.8 Å². The van der Waals surface area contributed by atoms with Gasteiger partial charge in [-0.3, -0.25) is 9.59 Å². The van der Waals surface area contributed by atoms with Crippen molar-refractivity contribution in [3.63, 3.8) is 0 Å². The summed E-state index contributed by atoms with van der Waals surface area (Å²) in [7, 11) is 0. The standard InChI is InChI=1S/C22H20FN3O4S/c1-2-30-19-8-13(6-7-18(19)27)16-10-20(28)26-22(17(16)11-24)31-12-21(29)25-15-5-3-4-14(23)9-15/h3-9,16,27H,2,10,12H2,1H3,(H,25,29)(H,26,28). The number of amides is 2. The number of carbonyl (C=O) groups is 2. The number of rotatable bonds is 7. The highest BCUT2D eigenvalue weighted by molar-refractivity contribution is 8.03. The van der Waals surface area contributed by atoms with Crippen molar-refractivity contribution >= 4 is 29.3 Å². The number of halogens is 1. The van der Waals surface area contributed by atoms with Crippen molar-refractivity contribution in [3.8, 4) is 17.6 Å². The number of benzene rings is 2. The van der Waals surface area contributed by atoms with Gasteiger partial charge in [-0.25, -0.2) is 4.39 Å². The molecular formula is C22H20FN3O4S. The van der Waals surface area contributed by atoms with Crippen LogP contribution in [0.5, 0.6) is 11.5 Å². The fraction of sp³-hybridized carbons (Fsp3) is 0.227. The minimum Gasteiger partial charge on any atom is -0.504 e. The molecule has 0 aliphatic carbocycles. The Labute approximate surface area is 182 Å². The molecule has 0 radical (unpaired) electrons. The lowest BCUT2D eigenvalue weighted by Crippen LogP contribution is -2.31. The number of nitriles is 1. The second kappa shape index (κ2) is 10.00. The molecule has 2 amide bonds. The number of phenols is 1. The molecule has 160 valence electrons. The third-order valence-electron chi connectivity index (χ3n) is 4.50. The molecule has 1 unspecified atom stereocenters. The lowest BCUT2D eigenvalue weighted by atomic mass is 9.87. The number of hydrogen-bond acceptors (Lipinski definition) is 6. The highest BCUT2D eigenvalue weighted by Crippen LogP contribution is 2.39. The van der Waals surface area contributed by atoms with E-state index in [1.807, 2.05) is 0 Å². The van der Waals surface area contributed by atoms with Gasteiger partial charge in [-0.15, -0.1) is 0 Å². The molecule has 0 saturated carbocycles. The van der Waals surface area contributed by atoms with Crippen LogP contribution in [0.15, 0.2) is 53.1 Å². The molecular weight excluding hydrogens is 421 g/mol. The monoisotopic (exact) mass is 441 g/mol. The predicted octanol–water partition coefficient (Wildman–Crippen LogP) is 3.64. The second-order valence-corrected chi connectivity index (χ2v) is 7.65. The summed E-state index contributed by atoms with van der Waals surface area (Å²) in [5, 5.41) is 25.2. The van der Waals surface area contributed by atoms with Crippen molar-refractivity contribution in [3.05, 3.63) is 64.4 Å². The van der Waals surface area contributed by atoms with Crippen LogP contribution in [0.4, 0.5) is 10.1 Å². The van der Waals surface area contributed by atoms with E-state index in [-0.39, 0.29) is 29.6 Å². The number of nitrogens with one attached hydrogen (secondary N) is 2. The zero-order valence-corrected chi connectivity index (χ0v) is 17.5. The Kier molecular flexibility index (Phi) is 7.15. The third kappa shape index (κ3) is 5.55. The highest BCUT2D eigenvalue weighted by Gasteiger charge is 2.30. The molecule has 0 spiro atoms. The molecule has 2 aromatic carbocycles. The number of anilines is 1. The molecule has 0 bridgehead atoms. The molecule has 1 aliphatic rings. The summed E-state index contributed by atoms with van der Waals surface area (Å²) in [5.41, 5.74) is 1.28. The number of nitrogens with zero attached hydrogens (tertiary/aromatic N) is 1. The van der Waals surface area contributed by atoms with Gasteiger partial charge in [-0.05, 0) is 42.8 Å². The molecule has 1 aliphatic heterocycles. The van der Waals surface area contributed by atoms with Gasteiger partial charge in [0.2, 0.25) is 11.8 Å². The van der Waals surface area contributed by atoms with Gasteiger partial charge in [-0.2, -0.15) is 5.26 Å². The summed E-state index contributed by atoms with van der Waals surface area (Å²) >= 11 is 1.02. The maximum Gasteiger partial charge on any atom is 0.234 e. The van der Waals surface area contributed by atoms with Gasteiger partial charge in [0, 0.05) is 18.0 Å². The molecule has 3 rings (SSSR count). The Bertz CT molecular complexity index is 1080. The first-order valence-electron chi connectivity index (χ1n) is 9.49. The molecule has 0 saturated heterocycles. The maximum atomic E-state index is 13.3. The summed E-state index contributed by atoms with van der Waals surface area (Å²) in [6.45, 7) is 2.13. The lowest BCUT2D eigenvalue weighted by molar-refractivity contribution is -0.121. The average Bonchev–Trinajstić information content (AvgIpc) is 2.73. The van der Waals surface area contributed by atoms with Crippen LogP contribution in [-0.4, -0.2) is 29.3 Å². The van der Waals surface area contributed by atoms with Crippen LogP contribution in [0.25, 0.3) is 0 Å². The van der Waals surface area contributed by atoms with Gasteiger partial charge >= 0.3 is 0 Å². The number of hydrogen-bond donors (Lipinski definition) is 3. The van der Waals surface area contributed by atoms with E-state index in [4.69, 9.17) is 4.74 Å². The Balaban J connectivity index is 1.79. The number of thioether (sulfide) groups is 1. The van der Waals surface area contributed by atoms with Crippen LogP contribution >= 0.6 is 11.8 Å². The van der Waals surface area contributed by atoms with E-state index in [0.29, 0.717) is 28.5 Å². The first kappa shape index (κ1) is 22.2. The number of ether oxygens (including phenoxy) is 1. The number of aromatic hydroxyl groups is 1. The molecule has 9 heteroatoms. The normalized spacial score (nSPS) is 15.8. The van der Waals surface area contributed by atoms with Crippen LogP contribution in [-0.2, 0) is 9.59 Å². The zero-order valence-electron chi connectivity index (χ0n) is 16.6. The summed E-state index contributed by atoms with van der Waals surface area (Å²) in [6, 6.07) is 12.3. The molecule has 1 atom stereocenters. The molecule has 7 nitrogen and oxygen atoms in total. The maximum absolute atomic E-state index is 13.3. The average molecular weight is 441 g/mol. The fourth-order valence-electron chi connectivity index (χ4n) is 3.14. The first-order chi connectivity index (χ1) is 14.9. The summed E-state index contributed by atoms with van der Waals surface area (Å²) in [6.07, 6.45) is 0.0543. The predicted molar refractivity (Wildman–Crippen MR) is 115 cm³/mol. The molecule has 2 aromatic rings. The Morgan fingerprint density at radius 3 is 2.90 bits per heavy atom. The summed E-state index contributed by atoms with van der Waals surface area (Å²) in [4.78, 5) is 24.5. The van der Waals surface area contributed by atoms with Gasteiger partial charge in [0.25, 0.3) is 0 Å². The van der Waals surface area contributed by atoms with Crippen molar-refractivity contribution in [1.29, 1.82) is 5.26 Å². The number of allylic oxidation sites excluding steroid dienone is 1. The van der Waals surface area contributed by atoms with Gasteiger partial charge in [0.05, 0.1) is 29.0 Å². The largest absolute Gasteiger partial charge is 0.504 e. The number of carbonyl (C=O) groups excluding carboxylic acids is 2. The van der Waals surface area contributed by atoms with Crippen molar-refractivity contribution in [2.75, 3.05) is 17.7 Å². The Hall–Kier alpha value is -3.51. The van der Waals surface area contributed by atoms with E-state index < -0.39 is 17.6 Å². The van der Waals surface area contributed by atoms with E-state index in [9.17, 15) is 24.3 Å². The number of phenolic OH excluding ortho intramolecular Hbond substituents is 1. The van der Waals surface area contributed by atoms with Crippen LogP contribution in [0.3, 0.4) is 0 Å². The van der Waals surface area contributed by atoms with E-state index in [1.165, 1.54) is 24.3 Å². The quantitative estimate of drug-likeness (QED) is 0.605. The topological polar surface area (TPSA) is 111 Å². The summed E-state index contributed by atoms with van der Waals surface area (Å²) in [5.74, 6) is -1.54. The Morgan fingerprint density at radius 1 is 1.39 bits per heavy atom. The smallest absolute Gasteiger partial charge is 0.234 e. The van der Waals surface area contributed by atoms with E-state index in [0.717, 1.165) is 11.8 Å². The van der Waals surface area contributed by atoms with Crippen molar-refractivity contribution in [2.24, 2.45) is 0 Å². The molecule has 0 fully saturated rings. The van der Waals surface area contributed by atoms with E-state index in [1.54, 1.807) is 25.1 Å². The zero-order chi connectivity index (χ0) is 22.4. The van der Waals surface area contributed by atoms with Gasteiger partial charge in [0.15, 0.2) is 11.5 Å². The van der Waals surface area contributed by atoms with E-state index in [2.05, 4.69) is 16.7 Å². The highest BCUT2D eigenvalue weighted by atomic mass is 32.2.